The second-order valence-electron chi connectivity index (χ2n) is 7.72. The molecule has 0 aromatic heterocycles. The number of aliphatic hydroxyl groups is 2. The van der Waals surface area contributed by atoms with Gasteiger partial charge in [0.25, 0.3) is 0 Å². The van der Waals surface area contributed by atoms with E-state index < -0.39 is 31.8 Å². The Morgan fingerprint density at radius 3 is 2.43 bits per heavy atom. The molecule has 0 saturated carbocycles. The number of hydrogen-bond donors (Lipinski definition) is 2. The van der Waals surface area contributed by atoms with Crippen LogP contribution in [0.5, 0.6) is 0 Å². The summed E-state index contributed by atoms with van der Waals surface area (Å²) in [6, 6.07) is 9.58. The second kappa shape index (κ2) is 11.6. The predicted molar refractivity (Wildman–Crippen MR) is 110 cm³/mol. The number of ether oxygens (including phenoxy) is 1. The molecule has 0 aliphatic rings. The Labute approximate surface area is 168 Å². The van der Waals surface area contributed by atoms with Crippen LogP contribution in [-0.2, 0) is 20.4 Å². The predicted octanol–water partition coefficient (Wildman–Crippen LogP) is 3.48. The standard InChI is InChI=1S/C20H34NO6P/c1-5-26-28(25,16-18(23)15-22)13-9-12-21(19(24)27-20(2,3)4)14-17-10-7-6-8-11-17/h6-8,10-11,18,22-23H,5,9,12-16H2,1-4H3. The highest BCUT2D eigenvalue weighted by Crippen LogP contribution is 2.47. The van der Waals surface area contributed by atoms with Crippen LogP contribution in [0.15, 0.2) is 30.3 Å². The van der Waals surface area contributed by atoms with Crippen molar-refractivity contribution in [3.63, 3.8) is 0 Å². The van der Waals surface area contributed by atoms with Crippen molar-refractivity contribution in [1.82, 2.24) is 4.90 Å². The average molecular weight is 415 g/mol. The summed E-state index contributed by atoms with van der Waals surface area (Å²) in [7, 11) is -3.09. The molecule has 0 spiro atoms. The van der Waals surface area contributed by atoms with Crippen molar-refractivity contribution in [2.24, 2.45) is 0 Å². The van der Waals surface area contributed by atoms with Gasteiger partial charge in [0.05, 0.1) is 25.5 Å². The lowest BCUT2D eigenvalue weighted by Gasteiger charge is -2.28. The lowest BCUT2D eigenvalue weighted by atomic mass is 10.2. The van der Waals surface area contributed by atoms with E-state index in [2.05, 4.69) is 0 Å². The van der Waals surface area contributed by atoms with E-state index in [0.29, 0.717) is 19.5 Å². The molecule has 1 amide bonds. The third-order valence-corrected chi connectivity index (χ3v) is 6.56. The van der Waals surface area contributed by atoms with Gasteiger partial charge in [0, 0.05) is 19.3 Å². The van der Waals surface area contributed by atoms with Crippen molar-refractivity contribution in [3.8, 4) is 0 Å². The maximum atomic E-state index is 12.9. The number of benzene rings is 1. The van der Waals surface area contributed by atoms with Crippen LogP contribution >= 0.6 is 7.37 Å². The number of carbonyl (C=O) groups excluding carboxylic acids is 1. The molecule has 2 atom stereocenters. The van der Waals surface area contributed by atoms with Crippen molar-refractivity contribution < 1.29 is 28.8 Å². The first-order valence-electron chi connectivity index (χ1n) is 9.62. The molecule has 0 heterocycles. The van der Waals surface area contributed by atoms with Gasteiger partial charge in [-0.1, -0.05) is 30.3 Å². The lowest BCUT2D eigenvalue weighted by Crippen LogP contribution is -2.37. The summed E-state index contributed by atoms with van der Waals surface area (Å²) in [6.45, 7) is 7.69. The Balaban J connectivity index is 2.78. The van der Waals surface area contributed by atoms with Crippen LogP contribution in [-0.4, -0.2) is 65.0 Å². The van der Waals surface area contributed by atoms with E-state index in [1.807, 2.05) is 51.1 Å². The minimum absolute atomic E-state index is 0.0948. The topological polar surface area (TPSA) is 96.3 Å². The van der Waals surface area contributed by atoms with Crippen molar-refractivity contribution in [2.45, 2.75) is 52.4 Å². The van der Waals surface area contributed by atoms with Crippen molar-refractivity contribution in [3.05, 3.63) is 35.9 Å². The van der Waals surface area contributed by atoms with E-state index in [4.69, 9.17) is 14.4 Å². The minimum Gasteiger partial charge on any atom is -0.444 e. The molecule has 0 aliphatic heterocycles. The molecule has 28 heavy (non-hydrogen) atoms. The maximum absolute atomic E-state index is 12.9. The zero-order chi connectivity index (χ0) is 21.2. The van der Waals surface area contributed by atoms with E-state index in [9.17, 15) is 14.5 Å². The largest absolute Gasteiger partial charge is 0.444 e. The summed E-state index contributed by atoms with van der Waals surface area (Å²) in [5, 5.41) is 18.7. The molecule has 8 heteroatoms. The molecular formula is C20H34NO6P. The van der Waals surface area contributed by atoms with Crippen molar-refractivity contribution in [1.29, 1.82) is 0 Å². The van der Waals surface area contributed by atoms with Gasteiger partial charge >= 0.3 is 6.09 Å². The van der Waals surface area contributed by atoms with Crippen LogP contribution in [0.4, 0.5) is 4.79 Å². The van der Waals surface area contributed by atoms with E-state index in [1.54, 1.807) is 11.8 Å². The molecule has 1 aromatic rings. The maximum Gasteiger partial charge on any atom is 0.410 e. The molecule has 1 rings (SSSR count). The Bertz CT molecular complexity index is 631. The van der Waals surface area contributed by atoms with Gasteiger partial charge in [-0.05, 0) is 39.7 Å². The van der Waals surface area contributed by atoms with Gasteiger partial charge in [0.2, 0.25) is 7.37 Å². The Kier molecular flexibility index (Phi) is 10.2. The van der Waals surface area contributed by atoms with Gasteiger partial charge in [-0.2, -0.15) is 0 Å². The van der Waals surface area contributed by atoms with E-state index in [-0.39, 0.29) is 18.9 Å². The fourth-order valence-electron chi connectivity index (χ4n) is 2.69. The SMILES string of the molecule is CCOP(=O)(CCCN(Cc1ccccc1)C(=O)OC(C)(C)C)CC(O)CO. The molecular weight excluding hydrogens is 381 g/mol. The first kappa shape index (κ1) is 24.6. The molecule has 7 nitrogen and oxygen atoms in total. The van der Waals surface area contributed by atoms with Gasteiger partial charge in [-0.15, -0.1) is 0 Å². The van der Waals surface area contributed by atoms with E-state index in [1.165, 1.54) is 0 Å². The fraction of sp³-hybridized carbons (Fsp3) is 0.650. The van der Waals surface area contributed by atoms with Gasteiger partial charge in [-0.3, -0.25) is 4.57 Å². The van der Waals surface area contributed by atoms with Crippen molar-refractivity contribution in [2.75, 3.05) is 32.1 Å². The first-order chi connectivity index (χ1) is 13.1. The molecule has 2 unspecified atom stereocenters. The van der Waals surface area contributed by atoms with Gasteiger partial charge in [0.15, 0.2) is 0 Å². The van der Waals surface area contributed by atoms with Crippen LogP contribution in [0.2, 0.25) is 0 Å². The highest BCUT2D eigenvalue weighted by atomic mass is 31.2. The van der Waals surface area contributed by atoms with Gasteiger partial charge in [-0.25, -0.2) is 4.79 Å². The Hall–Kier alpha value is -1.40. The van der Waals surface area contributed by atoms with Crippen LogP contribution in [0.1, 0.15) is 39.7 Å². The monoisotopic (exact) mass is 415 g/mol. The number of hydrogen-bond acceptors (Lipinski definition) is 6. The summed E-state index contributed by atoms with van der Waals surface area (Å²) >= 11 is 0. The van der Waals surface area contributed by atoms with Crippen LogP contribution < -0.4 is 0 Å². The summed E-state index contributed by atoms with van der Waals surface area (Å²) in [5.41, 5.74) is 0.356. The average Bonchev–Trinajstić information content (AvgIpc) is 2.60. The van der Waals surface area contributed by atoms with Gasteiger partial charge in [0.1, 0.15) is 5.60 Å². The molecule has 0 saturated heterocycles. The molecule has 0 aliphatic carbocycles. The lowest BCUT2D eigenvalue weighted by molar-refractivity contribution is 0.0233. The third-order valence-electron chi connectivity index (χ3n) is 3.86. The summed E-state index contributed by atoms with van der Waals surface area (Å²) in [4.78, 5) is 14.2. The molecule has 2 N–H and O–H groups in total. The van der Waals surface area contributed by atoms with Crippen LogP contribution in [0, 0.1) is 0 Å². The first-order valence-corrected chi connectivity index (χ1v) is 11.6. The molecule has 0 fully saturated rings. The van der Waals surface area contributed by atoms with E-state index >= 15 is 0 Å². The summed E-state index contributed by atoms with van der Waals surface area (Å²) in [5.74, 6) is 0. The Morgan fingerprint density at radius 1 is 1.25 bits per heavy atom. The minimum atomic E-state index is -3.09. The fourth-order valence-corrected chi connectivity index (χ4v) is 4.96. The molecule has 1 aromatic carbocycles. The second-order valence-corrected chi connectivity index (χ2v) is 10.4. The molecule has 160 valence electrons. The number of carbonyl (C=O) groups is 1. The van der Waals surface area contributed by atoms with Crippen molar-refractivity contribution >= 4 is 13.5 Å². The molecule has 0 bridgehead atoms. The van der Waals surface area contributed by atoms with Gasteiger partial charge < -0.3 is 24.4 Å². The normalized spacial score (nSPS) is 14.9. The number of amides is 1. The van der Waals surface area contributed by atoms with Crippen LogP contribution in [0.3, 0.4) is 0 Å². The number of nitrogens with zero attached hydrogens (tertiary/aromatic N) is 1. The Morgan fingerprint density at radius 2 is 1.89 bits per heavy atom. The number of aliphatic hydroxyl groups excluding tert-OH is 2. The summed E-state index contributed by atoms with van der Waals surface area (Å²) in [6.07, 6.45) is -0.961. The van der Waals surface area contributed by atoms with E-state index in [0.717, 1.165) is 5.56 Å². The molecule has 0 radical (unpaired) electrons. The highest BCUT2D eigenvalue weighted by molar-refractivity contribution is 7.59. The zero-order valence-corrected chi connectivity index (χ0v) is 18.2. The smallest absolute Gasteiger partial charge is 0.410 e. The highest BCUT2D eigenvalue weighted by Gasteiger charge is 2.28. The summed E-state index contributed by atoms with van der Waals surface area (Å²) < 4.78 is 23.8. The van der Waals surface area contributed by atoms with Crippen LogP contribution in [0.25, 0.3) is 0 Å². The number of rotatable bonds is 11. The quantitative estimate of drug-likeness (QED) is 0.537. The third kappa shape index (κ3) is 9.69. The zero-order valence-electron chi connectivity index (χ0n) is 17.3.